The van der Waals surface area contributed by atoms with Crippen LogP contribution in [0.3, 0.4) is 0 Å². The first-order valence-electron chi connectivity index (χ1n) is 7.99. The number of sulfonamides is 1. The lowest BCUT2D eigenvalue weighted by Gasteiger charge is -2.22. The Bertz CT molecular complexity index is 800. The molecular weight excluding hydrogens is 362 g/mol. The van der Waals surface area contributed by atoms with E-state index in [0.717, 1.165) is 5.56 Å². The second-order valence-electron chi connectivity index (χ2n) is 6.13. The van der Waals surface area contributed by atoms with Crippen LogP contribution < -0.4 is 4.72 Å². The van der Waals surface area contributed by atoms with Crippen molar-refractivity contribution in [2.45, 2.75) is 29.9 Å². The molecule has 134 valence electrons. The van der Waals surface area contributed by atoms with Crippen LogP contribution in [0.4, 0.5) is 0 Å². The molecule has 0 bridgehead atoms. The molecule has 1 aliphatic rings. The predicted octanol–water partition coefficient (Wildman–Crippen LogP) is 1.65. The Morgan fingerprint density at radius 1 is 1.28 bits per heavy atom. The van der Waals surface area contributed by atoms with Gasteiger partial charge in [-0.15, -0.1) is 0 Å². The second-order valence-corrected chi connectivity index (χ2v) is 8.29. The summed E-state index contributed by atoms with van der Waals surface area (Å²) in [7, 11) is -3.62. The average Bonchev–Trinajstić information content (AvgIpc) is 2.97. The number of rotatable bonds is 6. The van der Waals surface area contributed by atoms with E-state index in [1.54, 1.807) is 24.5 Å². The van der Waals surface area contributed by atoms with Crippen LogP contribution in [-0.2, 0) is 16.6 Å². The van der Waals surface area contributed by atoms with E-state index in [-0.39, 0.29) is 23.6 Å². The zero-order chi connectivity index (χ0) is 17.9. The number of nitrogens with one attached hydrogen (secondary N) is 1. The SMILES string of the molecule is O=S(=O)(N[C@@H]1C[C@@H](CO)N(Cc2cccnc2)C1)c1ccc(Cl)cc1. The molecule has 1 saturated heterocycles. The maximum Gasteiger partial charge on any atom is 0.240 e. The fourth-order valence-corrected chi connectivity index (χ4v) is 4.45. The topological polar surface area (TPSA) is 82.5 Å². The summed E-state index contributed by atoms with van der Waals surface area (Å²) in [4.78, 5) is 6.35. The van der Waals surface area contributed by atoms with E-state index >= 15 is 0 Å². The zero-order valence-electron chi connectivity index (χ0n) is 13.5. The third-order valence-corrected chi connectivity index (χ3v) is 6.08. The van der Waals surface area contributed by atoms with Gasteiger partial charge in [-0.2, -0.15) is 0 Å². The van der Waals surface area contributed by atoms with Gasteiger partial charge < -0.3 is 5.11 Å². The Hall–Kier alpha value is -1.51. The first kappa shape index (κ1) is 18.3. The number of nitrogens with zero attached hydrogens (tertiary/aromatic N) is 2. The van der Waals surface area contributed by atoms with E-state index in [1.807, 2.05) is 12.1 Å². The van der Waals surface area contributed by atoms with Crippen molar-refractivity contribution in [3.05, 3.63) is 59.4 Å². The molecule has 2 N–H and O–H groups in total. The van der Waals surface area contributed by atoms with E-state index in [1.165, 1.54) is 12.1 Å². The standard InChI is InChI=1S/C17H20ClN3O3S/c18-14-3-5-17(6-4-14)25(23,24)20-15-8-16(12-22)21(11-15)10-13-2-1-7-19-9-13/h1-7,9,15-16,20,22H,8,10-12H2/t15-,16+/m1/s1. The minimum absolute atomic E-state index is 0.0144. The number of pyridine rings is 1. The minimum atomic E-state index is -3.62. The van der Waals surface area contributed by atoms with Gasteiger partial charge in [0, 0.05) is 42.6 Å². The van der Waals surface area contributed by atoms with Crippen LogP contribution in [0.2, 0.25) is 5.02 Å². The minimum Gasteiger partial charge on any atom is -0.395 e. The lowest BCUT2D eigenvalue weighted by atomic mass is 10.2. The molecule has 3 rings (SSSR count). The molecule has 8 heteroatoms. The Labute approximate surface area is 152 Å². The van der Waals surface area contributed by atoms with Gasteiger partial charge in [-0.3, -0.25) is 9.88 Å². The van der Waals surface area contributed by atoms with Gasteiger partial charge in [-0.05, 0) is 42.3 Å². The lowest BCUT2D eigenvalue weighted by Crippen LogP contribution is -2.37. The largest absolute Gasteiger partial charge is 0.395 e. The molecule has 0 unspecified atom stereocenters. The molecule has 0 amide bonds. The number of aliphatic hydroxyl groups is 1. The molecule has 1 aromatic carbocycles. The molecule has 0 saturated carbocycles. The fraction of sp³-hybridized carbons (Fsp3) is 0.353. The number of aromatic nitrogens is 1. The van der Waals surface area contributed by atoms with E-state index in [2.05, 4.69) is 14.6 Å². The molecule has 25 heavy (non-hydrogen) atoms. The molecule has 6 nitrogen and oxygen atoms in total. The van der Waals surface area contributed by atoms with Crippen molar-refractivity contribution < 1.29 is 13.5 Å². The van der Waals surface area contributed by atoms with E-state index in [9.17, 15) is 13.5 Å². The highest BCUT2D eigenvalue weighted by Crippen LogP contribution is 2.22. The molecule has 2 atom stereocenters. The molecule has 2 heterocycles. The third kappa shape index (κ3) is 4.56. The smallest absolute Gasteiger partial charge is 0.240 e. The van der Waals surface area contributed by atoms with E-state index < -0.39 is 10.0 Å². The molecule has 1 aromatic heterocycles. The second kappa shape index (κ2) is 7.80. The molecule has 0 spiro atoms. The van der Waals surface area contributed by atoms with Crippen LogP contribution in [-0.4, -0.2) is 48.6 Å². The van der Waals surface area contributed by atoms with Crippen LogP contribution in [0.1, 0.15) is 12.0 Å². The maximum absolute atomic E-state index is 12.5. The Balaban J connectivity index is 1.68. The molecule has 2 aromatic rings. The van der Waals surface area contributed by atoms with Gasteiger partial charge in [0.25, 0.3) is 0 Å². The summed E-state index contributed by atoms with van der Waals surface area (Å²) >= 11 is 5.81. The number of benzene rings is 1. The first-order chi connectivity index (χ1) is 12.0. The molecule has 0 radical (unpaired) electrons. The summed E-state index contributed by atoms with van der Waals surface area (Å²) in [5.41, 5.74) is 1.03. The van der Waals surface area contributed by atoms with Gasteiger partial charge in [0.15, 0.2) is 0 Å². The number of aliphatic hydroxyl groups excluding tert-OH is 1. The van der Waals surface area contributed by atoms with Gasteiger partial charge in [0.2, 0.25) is 10.0 Å². The number of halogens is 1. The Kier molecular flexibility index (Phi) is 5.71. The molecule has 1 aliphatic heterocycles. The number of hydrogen-bond acceptors (Lipinski definition) is 5. The van der Waals surface area contributed by atoms with Crippen LogP contribution in [0, 0.1) is 0 Å². The molecule has 0 aliphatic carbocycles. The van der Waals surface area contributed by atoms with E-state index in [4.69, 9.17) is 11.6 Å². The van der Waals surface area contributed by atoms with Gasteiger partial charge in [0.05, 0.1) is 11.5 Å². The molecular formula is C17H20ClN3O3S. The summed E-state index contributed by atoms with van der Waals surface area (Å²) in [5.74, 6) is 0. The van der Waals surface area contributed by atoms with Crippen molar-refractivity contribution in [3.63, 3.8) is 0 Å². The first-order valence-corrected chi connectivity index (χ1v) is 9.86. The van der Waals surface area contributed by atoms with Crippen LogP contribution >= 0.6 is 11.6 Å². The Morgan fingerprint density at radius 2 is 2.04 bits per heavy atom. The highest BCUT2D eigenvalue weighted by atomic mass is 35.5. The van der Waals surface area contributed by atoms with Gasteiger partial charge in [-0.1, -0.05) is 17.7 Å². The van der Waals surface area contributed by atoms with Crippen LogP contribution in [0.15, 0.2) is 53.7 Å². The molecule has 1 fully saturated rings. The summed E-state index contributed by atoms with van der Waals surface area (Å²) in [6.45, 7) is 1.14. The highest BCUT2D eigenvalue weighted by molar-refractivity contribution is 7.89. The van der Waals surface area contributed by atoms with E-state index in [0.29, 0.717) is 24.5 Å². The zero-order valence-corrected chi connectivity index (χ0v) is 15.1. The number of likely N-dealkylation sites (tertiary alicyclic amines) is 1. The van der Waals surface area contributed by atoms with Gasteiger partial charge in [0.1, 0.15) is 0 Å². The van der Waals surface area contributed by atoms with Crippen molar-refractivity contribution in [1.29, 1.82) is 0 Å². The summed E-state index contributed by atoms with van der Waals surface area (Å²) < 4.78 is 27.8. The van der Waals surface area contributed by atoms with Crippen molar-refractivity contribution in [1.82, 2.24) is 14.6 Å². The summed E-state index contributed by atoms with van der Waals surface area (Å²) in [6.07, 6.45) is 4.04. The lowest BCUT2D eigenvalue weighted by molar-refractivity contribution is 0.153. The van der Waals surface area contributed by atoms with Gasteiger partial charge >= 0.3 is 0 Å². The fourth-order valence-electron chi connectivity index (χ4n) is 3.08. The highest BCUT2D eigenvalue weighted by Gasteiger charge is 2.34. The summed E-state index contributed by atoms with van der Waals surface area (Å²) in [5, 5.41) is 10.1. The summed E-state index contributed by atoms with van der Waals surface area (Å²) in [6, 6.07) is 9.55. The predicted molar refractivity (Wildman–Crippen MR) is 95.7 cm³/mol. The third-order valence-electron chi connectivity index (χ3n) is 4.29. The quantitative estimate of drug-likeness (QED) is 0.795. The monoisotopic (exact) mass is 381 g/mol. The number of hydrogen-bond donors (Lipinski definition) is 2. The van der Waals surface area contributed by atoms with Crippen LogP contribution in [0.5, 0.6) is 0 Å². The van der Waals surface area contributed by atoms with Gasteiger partial charge in [-0.25, -0.2) is 13.1 Å². The normalized spacial score (nSPS) is 21.5. The Morgan fingerprint density at radius 3 is 2.68 bits per heavy atom. The van der Waals surface area contributed by atoms with Crippen molar-refractivity contribution in [2.24, 2.45) is 0 Å². The van der Waals surface area contributed by atoms with Crippen molar-refractivity contribution in [3.8, 4) is 0 Å². The van der Waals surface area contributed by atoms with Crippen molar-refractivity contribution >= 4 is 21.6 Å². The average molecular weight is 382 g/mol. The maximum atomic E-state index is 12.5. The van der Waals surface area contributed by atoms with Crippen molar-refractivity contribution in [2.75, 3.05) is 13.2 Å². The van der Waals surface area contributed by atoms with Crippen LogP contribution in [0.25, 0.3) is 0 Å².